The predicted molar refractivity (Wildman–Crippen MR) is 115 cm³/mol. The fraction of sp³-hybridized carbons (Fsp3) is 0.652. The summed E-state index contributed by atoms with van der Waals surface area (Å²) in [7, 11) is 0. The Balaban J connectivity index is 1.50. The van der Waals surface area contributed by atoms with Crippen molar-refractivity contribution in [3.05, 3.63) is 34.9 Å². The largest absolute Gasteiger partial charge is 0.338 e. The van der Waals surface area contributed by atoms with Gasteiger partial charge >= 0.3 is 0 Å². The second-order valence-electron chi connectivity index (χ2n) is 9.31. The van der Waals surface area contributed by atoms with E-state index in [1.165, 1.54) is 0 Å². The molecule has 2 amide bonds. The fourth-order valence-electron chi connectivity index (χ4n) is 5.98. The molecule has 0 N–H and O–H groups in total. The fourth-order valence-corrected chi connectivity index (χ4v) is 6.17. The lowest BCUT2D eigenvalue weighted by atomic mass is 9.74. The standard InChI is InChI=1S/C23H32ClN3O2/c1-4-27-22(29)19-14-25(13-16(2)3)15-20(19)23(27)8-10-26(11-9-23)21(28)17-6-5-7-18(24)12-17/h5-7,12,16,19-20H,4,8-11,13-15H2,1-3H3/t19-,20+/m0/s1. The summed E-state index contributed by atoms with van der Waals surface area (Å²) in [6.07, 6.45) is 1.74. The molecule has 5 nitrogen and oxygen atoms in total. The zero-order valence-corrected chi connectivity index (χ0v) is 18.5. The number of carbonyl (C=O) groups is 2. The molecule has 0 aliphatic carbocycles. The van der Waals surface area contributed by atoms with Gasteiger partial charge < -0.3 is 14.7 Å². The van der Waals surface area contributed by atoms with Crippen molar-refractivity contribution in [3.8, 4) is 0 Å². The molecule has 0 aromatic heterocycles. The number of carbonyl (C=O) groups excluding carboxylic acids is 2. The van der Waals surface area contributed by atoms with Crippen molar-refractivity contribution >= 4 is 23.4 Å². The Morgan fingerprint density at radius 2 is 1.97 bits per heavy atom. The van der Waals surface area contributed by atoms with E-state index in [9.17, 15) is 9.59 Å². The molecule has 4 rings (SSSR count). The van der Waals surface area contributed by atoms with E-state index in [-0.39, 0.29) is 17.4 Å². The zero-order chi connectivity index (χ0) is 20.8. The topological polar surface area (TPSA) is 43.9 Å². The lowest BCUT2D eigenvalue weighted by molar-refractivity contribution is -0.135. The van der Waals surface area contributed by atoms with E-state index in [1.807, 2.05) is 17.0 Å². The van der Waals surface area contributed by atoms with Gasteiger partial charge in [-0.05, 0) is 43.9 Å². The highest BCUT2D eigenvalue weighted by Gasteiger charge is 2.61. The molecule has 3 fully saturated rings. The third kappa shape index (κ3) is 3.57. The molecular formula is C23H32ClN3O2. The van der Waals surface area contributed by atoms with Gasteiger partial charge in [0.1, 0.15) is 0 Å². The maximum absolute atomic E-state index is 13.2. The number of piperidine rings is 1. The van der Waals surface area contributed by atoms with Gasteiger partial charge in [-0.1, -0.05) is 31.5 Å². The summed E-state index contributed by atoms with van der Waals surface area (Å²) in [4.78, 5) is 32.7. The van der Waals surface area contributed by atoms with Crippen LogP contribution in [0.3, 0.4) is 0 Å². The molecule has 1 spiro atoms. The molecule has 0 bridgehead atoms. The SMILES string of the molecule is CCN1C(=O)[C@H]2CN(CC(C)C)C[C@H]2C12CCN(C(=O)c1cccc(Cl)c1)CC2. The third-order valence-electron chi connectivity index (χ3n) is 7.13. The molecule has 3 aliphatic heterocycles. The molecule has 1 aromatic rings. The summed E-state index contributed by atoms with van der Waals surface area (Å²) < 4.78 is 0. The van der Waals surface area contributed by atoms with E-state index in [4.69, 9.17) is 11.6 Å². The van der Waals surface area contributed by atoms with Crippen LogP contribution in [-0.2, 0) is 4.79 Å². The predicted octanol–water partition coefficient (Wildman–Crippen LogP) is 3.38. The Kier molecular flexibility index (Phi) is 5.64. The number of fused-ring (bicyclic) bond motifs is 2. The number of benzene rings is 1. The van der Waals surface area contributed by atoms with Crippen molar-refractivity contribution in [1.82, 2.24) is 14.7 Å². The molecule has 158 valence electrons. The van der Waals surface area contributed by atoms with Crippen LogP contribution in [0.2, 0.25) is 5.02 Å². The molecule has 3 saturated heterocycles. The van der Waals surface area contributed by atoms with E-state index < -0.39 is 0 Å². The minimum atomic E-state index is -0.0899. The number of amides is 2. The van der Waals surface area contributed by atoms with Crippen molar-refractivity contribution < 1.29 is 9.59 Å². The Morgan fingerprint density at radius 1 is 1.24 bits per heavy atom. The Hall–Kier alpha value is -1.59. The summed E-state index contributed by atoms with van der Waals surface area (Å²) in [5.74, 6) is 1.50. The first-order chi connectivity index (χ1) is 13.9. The monoisotopic (exact) mass is 417 g/mol. The van der Waals surface area contributed by atoms with Gasteiger partial charge in [0.25, 0.3) is 5.91 Å². The molecule has 0 radical (unpaired) electrons. The first kappa shape index (κ1) is 20.7. The van der Waals surface area contributed by atoms with Crippen LogP contribution in [0.1, 0.15) is 44.0 Å². The number of rotatable bonds is 4. The van der Waals surface area contributed by atoms with Gasteiger partial charge in [-0.25, -0.2) is 0 Å². The van der Waals surface area contributed by atoms with Gasteiger partial charge in [0.05, 0.1) is 11.5 Å². The Labute approximate surface area is 179 Å². The molecule has 2 atom stereocenters. The second kappa shape index (κ2) is 7.92. The van der Waals surface area contributed by atoms with Crippen LogP contribution >= 0.6 is 11.6 Å². The maximum atomic E-state index is 13.2. The summed E-state index contributed by atoms with van der Waals surface area (Å²) in [6, 6.07) is 7.17. The molecule has 1 aromatic carbocycles. The number of hydrogen-bond donors (Lipinski definition) is 0. The third-order valence-corrected chi connectivity index (χ3v) is 7.37. The van der Waals surface area contributed by atoms with Crippen LogP contribution in [0.4, 0.5) is 0 Å². The van der Waals surface area contributed by atoms with Crippen LogP contribution in [0.25, 0.3) is 0 Å². The van der Waals surface area contributed by atoms with Crippen molar-refractivity contribution in [3.63, 3.8) is 0 Å². The first-order valence-corrected chi connectivity index (χ1v) is 11.3. The maximum Gasteiger partial charge on any atom is 0.253 e. The minimum absolute atomic E-state index is 0.0409. The van der Waals surface area contributed by atoms with Gasteiger partial charge in [0.15, 0.2) is 0 Å². The second-order valence-corrected chi connectivity index (χ2v) is 9.75. The van der Waals surface area contributed by atoms with E-state index in [0.717, 1.165) is 39.0 Å². The normalized spacial score (nSPS) is 26.6. The van der Waals surface area contributed by atoms with Crippen LogP contribution in [0.15, 0.2) is 24.3 Å². The molecular weight excluding hydrogens is 386 g/mol. The highest BCUT2D eigenvalue weighted by Crippen LogP contribution is 2.49. The van der Waals surface area contributed by atoms with Crippen LogP contribution in [0, 0.1) is 17.8 Å². The highest BCUT2D eigenvalue weighted by molar-refractivity contribution is 6.30. The van der Waals surface area contributed by atoms with E-state index >= 15 is 0 Å². The van der Waals surface area contributed by atoms with Crippen LogP contribution < -0.4 is 0 Å². The minimum Gasteiger partial charge on any atom is -0.338 e. The zero-order valence-electron chi connectivity index (χ0n) is 17.7. The summed E-state index contributed by atoms with van der Waals surface area (Å²) in [5, 5.41) is 0.585. The molecule has 6 heteroatoms. The van der Waals surface area contributed by atoms with E-state index in [2.05, 4.69) is 30.6 Å². The van der Waals surface area contributed by atoms with Crippen molar-refractivity contribution in [2.45, 2.75) is 39.2 Å². The summed E-state index contributed by atoms with van der Waals surface area (Å²) in [5.41, 5.74) is 0.554. The Morgan fingerprint density at radius 3 is 2.59 bits per heavy atom. The first-order valence-electron chi connectivity index (χ1n) is 10.9. The van der Waals surface area contributed by atoms with Crippen molar-refractivity contribution in [1.29, 1.82) is 0 Å². The van der Waals surface area contributed by atoms with Gasteiger partial charge in [-0.3, -0.25) is 9.59 Å². The molecule has 29 heavy (non-hydrogen) atoms. The lowest BCUT2D eigenvalue weighted by Gasteiger charge is -2.48. The number of hydrogen-bond acceptors (Lipinski definition) is 3. The average Bonchev–Trinajstić information content (AvgIpc) is 3.19. The number of likely N-dealkylation sites (tertiary alicyclic amines) is 3. The van der Waals surface area contributed by atoms with Gasteiger partial charge in [0.2, 0.25) is 5.91 Å². The van der Waals surface area contributed by atoms with Crippen LogP contribution in [-0.4, -0.2) is 71.3 Å². The van der Waals surface area contributed by atoms with Crippen LogP contribution in [0.5, 0.6) is 0 Å². The summed E-state index contributed by atoms with van der Waals surface area (Å²) >= 11 is 6.07. The van der Waals surface area contributed by atoms with E-state index in [0.29, 0.717) is 41.4 Å². The molecule has 0 unspecified atom stereocenters. The highest BCUT2D eigenvalue weighted by atomic mass is 35.5. The summed E-state index contributed by atoms with van der Waals surface area (Å²) in [6.45, 7) is 11.7. The molecule has 0 saturated carbocycles. The number of nitrogens with zero attached hydrogens (tertiary/aromatic N) is 3. The lowest BCUT2D eigenvalue weighted by Crippen LogP contribution is -2.57. The quantitative estimate of drug-likeness (QED) is 0.754. The van der Waals surface area contributed by atoms with Crippen molar-refractivity contribution in [2.75, 3.05) is 39.3 Å². The van der Waals surface area contributed by atoms with Gasteiger partial charge in [-0.15, -0.1) is 0 Å². The average molecular weight is 418 g/mol. The van der Waals surface area contributed by atoms with Gasteiger partial charge in [-0.2, -0.15) is 0 Å². The number of halogens is 1. The van der Waals surface area contributed by atoms with Gasteiger partial charge in [0, 0.05) is 55.8 Å². The Bertz CT molecular complexity index is 788. The van der Waals surface area contributed by atoms with Crippen molar-refractivity contribution in [2.24, 2.45) is 17.8 Å². The molecule has 3 aliphatic rings. The van der Waals surface area contributed by atoms with E-state index in [1.54, 1.807) is 12.1 Å². The smallest absolute Gasteiger partial charge is 0.253 e. The molecule has 3 heterocycles.